The molecule has 0 unspecified atom stereocenters. The lowest BCUT2D eigenvalue weighted by atomic mass is 10.2. The van der Waals surface area contributed by atoms with Crippen LogP contribution in [0, 0.1) is 0 Å². The van der Waals surface area contributed by atoms with Crippen molar-refractivity contribution >= 4 is 62.9 Å². The Kier molecular flexibility index (Phi) is 4.93. The van der Waals surface area contributed by atoms with Gasteiger partial charge in [0.15, 0.2) is 0 Å². The fourth-order valence-electron chi connectivity index (χ4n) is 2.56. The fraction of sp³-hybridized carbons (Fsp3) is 0.0526. The zero-order chi connectivity index (χ0) is 17.9. The molecule has 0 bridgehead atoms. The molecule has 0 aliphatic carbocycles. The average Bonchev–Trinajstić information content (AvgIpc) is 3.16. The SMILES string of the molecule is Clc1ccc(Nc2nc(NCc3cccs3)c3ccccc3n2)c(Cl)c1. The highest BCUT2D eigenvalue weighted by Crippen LogP contribution is 2.29. The molecule has 2 aromatic carbocycles. The predicted molar refractivity (Wildman–Crippen MR) is 111 cm³/mol. The first-order valence-corrected chi connectivity index (χ1v) is 9.58. The molecule has 26 heavy (non-hydrogen) atoms. The number of hydrogen-bond donors (Lipinski definition) is 2. The molecule has 7 heteroatoms. The zero-order valence-electron chi connectivity index (χ0n) is 13.5. The summed E-state index contributed by atoms with van der Waals surface area (Å²) in [4.78, 5) is 10.5. The van der Waals surface area contributed by atoms with E-state index in [1.54, 1.807) is 23.5 Å². The van der Waals surface area contributed by atoms with Gasteiger partial charge < -0.3 is 10.6 Å². The summed E-state index contributed by atoms with van der Waals surface area (Å²) in [6.07, 6.45) is 0. The van der Waals surface area contributed by atoms with E-state index in [2.05, 4.69) is 32.0 Å². The number of rotatable bonds is 5. The van der Waals surface area contributed by atoms with Crippen LogP contribution in [-0.2, 0) is 6.54 Å². The first-order valence-electron chi connectivity index (χ1n) is 7.94. The van der Waals surface area contributed by atoms with Crippen LogP contribution in [0.5, 0.6) is 0 Å². The molecule has 0 amide bonds. The van der Waals surface area contributed by atoms with Gasteiger partial charge in [-0.05, 0) is 41.8 Å². The van der Waals surface area contributed by atoms with E-state index in [1.807, 2.05) is 36.4 Å². The number of nitrogens with zero attached hydrogens (tertiary/aromatic N) is 2. The van der Waals surface area contributed by atoms with Gasteiger partial charge in [0.05, 0.1) is 22.8 Å². The molecule has 0 aliphatic heterocycles. The van der Waals surface area contributed by atoms with E-state index in [1.165, 1.54) is 4.88 Å². The van der Waals surface area contributed by atoms with Crippen LogP contribution < -0.4 is 10.6 Å². The third-order valence-corrected chi connectivity index (χ3v) is 5.22. The van der Waals surface area contributed by atoms with Crippen LogP contribution in [0.2, 0.25) is 10.0 Å². The average molecular weight is 401 g/mol. The predicted octanol–water partition coefficient (Wildman–Crippen LogP) is 6.35. The molecule has 0 fully saturated rings. The quantitative estimate of drug-likeness (QED) is 0.409. The summed E-state index contributed by atoms with van der Waals surface area (Å²) < 4.78 is 0. The molecule has 0 saturated carbocycles. The lowest BCUT2D eigenvalue weighted by Gasteiger charge is -2.12. The summed E-state index contributed by atoms with van der Waals surface area (Å²) in [6.45, 7) is 0.708. The molecule has 0 aliphatic rings. The Hall–Kier alpha value is -2.34. The second-order valence-corrected chi connectivity index (χ2v) is 7.47. The molecule has 0 radical (unpaired) electrons. The smallest absolute Gasteiger partial charge is 0.229 e. The third kappa shape index (κ3) is 3.75. The first kappa shape index (κ1) is 17.1. The molecular formula is C19H14Cl2N4S. The van der Waals surface area contributed by atoms with E-state index in [0.29, 0.717) is 28.2 Å². The second-order valence-electron chi connectivity index (χ2n) is 5.60. The van der Waals surface area contributed by atoms with Crippen molar-refractivity contribution in [3.8, 4) is 0 Å². The van der Waals surface area contributed by atoms with E-state index in [0.717, 1.165) is 16.7 Å². The highest BCUT2D eigenvalue weighted by atomic mass is 35.5. The van der Waals surface area contributed by atoms with Crippen molar-refractivity contribution in [2.24, 2.45) is 0 Å². The first-order chi connectivity index (χ1) is 12.7. The highest BCUT2D eigenvalue weighted by molar-refractivity contribution is 7.09. The summed E-state index contributed by atoms with van der Waals surface area (Å²) in [5.41, 5.74) is 1.55. The van der Waals surface area contributed by atoms with Gasteiger partial charge in [-0.1, -0.05) is 41.4 Å². The van der Waals surface area contributed by atoms with E-state index in [9.17, 15) is 0 Å². The molecule has 4 rings (SSSR count). The van der Waals surface area contributed by atoms with E-state index in [-0.39, 0.29) is 0 Å². The van der Waals surface area contributed by atoms with Gasteiger partial charge in [-0.2, -0.15) is 4.98 Å². The molecule has 2 N–H and O–H groups in total. The second kappa shape index (κ2) is 7.50. The van der Waals surface area contributed by atoms with Gasteiger partial charge in [0.1, 0.15) is 5.82 Å². The molecule has 4 nitrogen and oxygen atoms in total. The van der Waals surface area contributed by atoms with Crippen molar-refractivity contribution < 1.29 is 0 Å². The minimum absolute atomic E-state index is 0.474. The topological polar surface area (TPSA) is 49.8 Å². The minimum atomic E-state index is 0.474. The monoisotopic (exact) mass is 400 g/mol. The maximum atomic E-state index is 6.25. The summed E-state index contributed by atoms with van der Waals surface area (Å²) in [6, 6.07) is 17.3. The Morgan fingerprint density at radius 1 is 0.962 bits per heavy atom. The van der Waals surface area contributed by atoms with Crippen molar-refractivity contribution in [3.05, 3.63) is 74.9 Å². The fourth-order valence-corrected chi connectivity index (χ4v) is 3.66. The maximum absolute atomic E-state index is 6.25. The van der Waals surface area contributed by atoms with Gasteiger partial charge >= 0.3 is 0 Å². The molecule has 0 saturated heterocycles. The van der Waals surface area contributed by atoms with Gasteiger partial charge in [-0.15, -0.1) is 11.3 Å². The van der Waals surface area contributed by atoms with Crippen molar-refractivity contribution in [2.75, 3.05) is 10.6 Å². The molecular weight excluding hydrogens is 387 g/mol. The number of thiophene rings is 1. The number of aromatic nitrogens is 2. The van der Waals surface area contributed by atoms with Crippen molar-refractivity contribution in [1.82, 2.24) is 9.97 Å². The number of anilines is 3. The van der Waals surface area contributed by atoms with Gasteiger partial charge in [0.25, 0.3) is 0 Å². The van der Waals surface area contributed by atoms with Crippen molar-refractivity contribution in [3.63, 3.8) is 0 Å². The number of fused-ring (bicyclic) bond motifs is 1. The van der Waals surface area contributed by atoms with Crippen molar-refractivity contribution in [1.29, 1.82) is 0 Å². The number of para-hydroxylation sites is 1. The van der Waals surface area contributed by atoms with Gasteiger partial charge in [-0.3, -0.25) is 0 Å². The molecule has 4 aromatic rings. The molecule has 0 atom stereocenters. The minimum Gasteiger partial charge on any atom is -0.364 e. The number of hydrogen-bond acceptors (Lipinski definition) is 5. The summed E-state index contributed by atoms with van der Waals surface area (Å²) in [5, 5.41) is 10.7. The maximum Gasteiger partial charge on any atom is 0.229 e. The summed E-state index contributed by atoms with van der Waals surface area (Å²) >= 11 is 13.9. The number of nitrogens with one attached hydrogen (secondary N) is 2. The van der Waals surface area contributed by atoms with Gasteiger partial charge in [-0.25, -0.2) is 4.98 Å². The van der Waals surface area contributed by atoms with E-state index < -0.39 is 0 Å². The number of halogens is 2. The Morgan fingerprint density at radius 2 is 1.85 bits per heavy atom. The third-order valence-electron chi connectivity index (χ3n) is 3.79. The van der Waals surface area contributed by atoms with Crippen LogP contribution in [0.4, 0.5) is 17.5 Å². The molecule has 130 valence electrons. The van der Waals surface area contributed by atoms with Crippen LogP contribution in [0.3, 0.4) is 0 Å². The Bertz CT molecular complexity index is 1050. The van der Waals surface area contributed by atoms with Crippen molar-refractivity contribution in [2.45, 2.75) is 6.54 Å². The number of benzene rings is 2. The van der Waals surface area contributed by atoms with Crippen LogP contribution in [0.25, 0.3) is 10.9 Å². The molecule has 2 heterocycles. The van der Waals surface area contributed by atoms with Crippen LogP contribution in [-0.4, -0.2) is 9.97 Å². The Morgan fingerprint density at radius 3 is 2.65 bits per heavy atom. The van der Waals surface area contributed by atoms with Gasteiger partial charge in [0, 0.05) is 15.3 Å². The van der Waals surface area contributed by atoms with Crippen LogP contribution in [0.15, 0.2) is 60.0 Å². The zero-order valence-corrected chi connectivity index (χ0v) is 15.9. The van der Waals surface area contributed by atoms with Crippen LogP contribution >= 0.6 is 34.5 Å². The Balaban J connectivity index is 1.68. The van der Waals surface area contributed by atoms with Crippen LogP contribution in [0.1, 0.15) is 4.88 Å². The van der Waals surface area contributed by atoms with E-state index >= 15 is 0 Å². The summed E-state index contributed by atoms with van der Waals surface area (Å²) in [5.74, 6) is 1.25. The standard InChI is InChI=1S/C19H14Cl2N4S/c20-12-7-8-17(15(21)10-12)24-19-23-16-6-2-1-5-14(16)18(25-19)22-11-13-4-3-9-26-13/h1-10H,11H2,(H2,22,23,24,25). The normalized spacial score (nSPS) is 10.8. The lowest BCUT2D eigenvalue weighted by Crippen LogP contribution is -2.05. The highest BCUT2D eigenvalue weighted by Gasteiger charge is 2.09. The largest absolute Gasteiger partial charge is 0.364 e. The lowest BCUT2D eigenvalue weighted by molar-refractivity contribution is 1.13. The Labute approximate surface area is 164 Å². The van der Waals surface area contributed by atoms with E-state index in [4.69, 9.17) is 23.2 Å². The molecule has 2 aromatic heterocycles. The summed E-state index contributed by atoms with van der Waals surface area (Å²) in [7, 11) is 0. The molecule has 0 spiro atoms. The van der Waals surface area contributed by atoms with Gasteiger partial charge in [0.2, 0.25) is 5.95 Å².